The van der Waals surface area contributed by atoms with Gasteiger partial charge < -0.3 is 14.2 Å². The summed E-state index contributed by atoms with van der Waals surface area (Å²) in [7, 11) is 0. The first-order valence-corrected chi connectivity index (χ1v) is 11.3. The van der Waals surface area contributed by atoms with Crippen LogP contribution in [-0.4, -0.2) is 40.6 Å². The minimum Gasteiger partial charge on any atom is -0.370 e. The highest BCUT2D eigenvalue weighted by molar-refractivity contribution is 9.10. The zero-order chi connectivity index (χ0) is 22.2. The molecule has 4 aromatic rings. The number of aromatic nitrogens is 2. The molecule has 6 nitrogen and oxygen atoms in total. The van der Waals surface area contributed by atoms with Gasteiger partial charge in [0.25, 0.3) is 11.6 Å². The largest absolute Gasteiger partial charge is 0.370 e. The summed E-state index contributed by atoms with van der Waals surface area (Å²) in [6, 6.07) is 17.9. The highest BCUT2D eigenvalue weighted by Gasteiger charge is 2.29. The number of nitrogens with zero attached hydrogens (tertiary/aromatic N) is 3. The van der Waals surface area contributed by atoms with Crippen LogP contribution in [-0.2, 0) is 4.74 Å². The van der Waals surface area contributed by atoms with Gasteiger partial charge in [0.2, 0.25) is 0 Å². The number of aryl methyl sites for hydroxylation is 2. The van der Waals surface area contributed by atoms with Crippen molar-refractivity contribution in [2.24, 2.45) is 0 Å². The highest BCUT2D eigenvalue weighted by atomic mass is 79.9. The predicted molar refractivity (Wildman–Crippen MR) is 125 cm³/mol. The van der Waals surface area contributed by atoms with Gasteiger partial charge in [0.15, 0.2) is 0 Å². The molecule has 0 spiro atoms. The second-order valence-electron chi connectivity index (χ2n) is 8.03. The summed E-state index contributed by atoms with van der Waals surface area (Å²) >= 11 is 3.46. The van der Waals surface area contributed by atoms with Gasteiger partial charge in [0.05, 0.1) is 35.5 Å². The standard InChI is InChI=1S/C25H22BrN3O3/c1-15-3-5-17(6-4-15)21-13-20(23-16(2)28-32-24(23)27-21)25(30)29-11-12-31-22(14-29)18-7-9-19(26)10-8-18/h3-10,13,22H,11-12,14H2,1-2H3. The van der Waals surface area contributed by atoms with Crippen molar-refractivity contribution in [1.82, 2.24) is 15.0 Å². The fourth-order valence-corrected chi connectivity index (χ4v) is 4.28. The Balaban J connectivity index is 1.51. The van der Waals surface area contributed by atoms with E-state index in [1.807, 2.05) is 73.3 Å². The SMILES string of the molecule is Cc1ccc(-c2cc(C(=O)N3CCOC(c4ccc(Br)cc4)C3)c3c(C)noc3n2)cc1. The van der Waals surface area contributed by atoms with Gasteiger partial charge in [0.1, 0.15) is 6.10 Å². The summed E-state index contributed by atoms with van der Waals surface area (Å²) < 4.78 is 12.4. The van der Waals surface area contributed by atoms with Gasteiger partial charge in [-0.25, -0.2) is 4.98 Å². The van der Waals surface area contributed by atoms with E-state index >= 15 is 0 Å². The maximum atomic E-state index is 13.7. The number of benzene rings is 2. The molecule has 1 amide bonds. The van der Waals surface area contributed by atoms with Crippen molar-refractivity contribution in [3.8, 4) is 11.3 Å². The Labute approximate surface area is 194 Å². The molecule has 1 aliphatic rings. The zero-order valence-electron chi connectivity index (χ0n) is 17.8. The van der Waals surface area contributed by atoms with E-state index < -0.39 is 0 Å². The molecular formula is C25H22BrN3O3. The fourth-order valence-electron chi connectivity index (χ4n) is 4.02. The Morgan fingerprint density at radius 3 is 2.59 bits per heavy atom. The first-order valence-electron chi connectivity index (χ1n) is 10.5. The smallest absolute Gasteiger partial charge is 0.259 e. The maximum Gasteiger partial charge on any atom is 0.259 e. The average molecular weight is 492 g/mol. The Morgan fingerprint density at radius 1 is 1.09 bits per heavy atom. The van der Waals surface area contributed by atoms with Crippen LogP contribution < -0.4 is 0 Å². The van der Waals surface area contributed by atoms with E-state index in [0.717, 1.165) is 21.2 Å². The maximum absolute atomic E-state index is 13.7. The van der Waals surface area contributed by atoms with Gasteiger partial charge >= 0.3 is 0 Å². The van der Waals surface area contributed by atoms with Crippen LogP contribution in [0.15, 0.2) is 63.6 Å². The Kier molecular flexibility index (Phi) is 5.53. The molecular weight excluding hydrogens is 470 g/mol. The van der Waals surface area contributed by atoms with Crippen LogP contribution in [0.25, 0.3) is 22.4 Å². The van der Waals surface area contributed by atoms with Crippen LogP contribution in [0.2, 0.25) is 0 Å². The number of rotatable bonds is 3. The van der Waals surface area contributed by atoms with Gasteiger partial charge in [-0.15, -0.1) is 0 Å². The topological polar surface area (TPSA) is 68.5 Å². The lowest BCUT2D eigenvalue weighted by molar-refractivity contribution is -0.0227. The van der Waals surface area contributed by atoms with Crippen LogP contribution in [0.5, 0.6) is 0 Å². The monoisotopic (exact) mass is 491 g/mol. The number of morpholine rings is 1. The molecule has 1 fully saturated rings. The van der Waals surface area contributed by atoms with Crippen LogP contribution in [0.3, 0.4) is 0 Å². The van der Waals surface area contributed by atoms with Gasteiger partial charge in [-0.3, -0.25) is 4.79 Å². The van der Waals surface area contributed by atoms with E-state index in [0.29, 0.717) is 47.7 Å². The summed E-state index contributed by atoms with van der Waals surface area (Å²) in [6.45, 7) is 5.36. The third kappa shape index (κ3) is 3.94. The minimum absolute atomic E-state index is 0.0672. The minimum atomic E-state index is -0.168. The summed E-state index contributed by atoms with van der Waals surface area (Å²) in [5.74, 6) is -0.0672. The second kappa shape index (κ2) is 8.48. The normalized spacial score (nSPS) is 16.5. The lowest BCUT2D eigenvalue weighted by atomic mass is 10.0. The van der Waals surface area contributed by atoms with Crippen LogP contribution in [0, 0.1) is 13.8 Å². The molecule has 162 valence electrons. The van der Waals surface area contributed by atoms with Crippen molar-refractivity contribution < 1.29 is 14.1 Å². The zero-order valence-corrected chi connectivity index (χ0v) is 19.4. The Hall–Kier alpha value is -3.03. The number of carbonyl (C=O) groups is 1. The molecule has 2 aromatic carbocycles. The molecule has 32 heavy (non-hydrogen) atoms. The Bertz CT molecular complexity index is 1280. The number of amides is 1. The number of ether oxygens (including phenoxy) is 1. The fraction of sp³-hybridized carbons (Fsp3) is 0.240. The molecule has 7 heteroatoms. The van der Waals surface area contributed by atoms with E-state index in [9.17, 15) is 4.79 Å². The molecule has 0 bridgehead atoms. The third-order valence-electron chi connectivity index (χ3n) is 5.79. The van der Waals surface area contributed by atoms with Crippen molar-refractivity contribution in [2.45, 2.75) is 20.0 Å². The summed E-state index contributed by atoms with van der Waals surface area (Å²) in [4.78, 5) is 20.2. The summed E-state index contributed by atoms with van der Waals surface area (Å²) in [6.07, 6.45) is -0.168. The van der Waals surface area contributed by atoms with Gasteiger partial charge in [0, 0.05) is 16.6 Å². The van der Waals surface area contributed by atoms with Crippen molar-refractivity contribution >= 4 is 32.9 Å². The number of carbonyl (C=O) groups excluding carboxylic acids is 1. The first-order chi connectivity index (χ1) is 15.5. The van der Waals surface area contributed by atoms with Crippen LogP contribution >= 0.6 is 15.9 Å². The molecule has 1 saturated heterocycles. The van der Waals surface area contributed by atoms with E-state index in [1.54, 1.807) is 0 Å². The van der Waals surface area contributed by atoms with E-state index in [4.69, 9.17) is 9.26 Å². The summed E-state index contributed by atoms with van der Waals surface area (Å²) in [5, 5.41) is 4.73. The van der Waals surface area contributed by atoms with E-state index in [1.165, 1.54) is 0 Å². The molecule has 1 aliphatic heterocycles. The molecule has 5 rings (SSSR count). The quantitative estimate of drug-likeness (QED) is 0.379. The third-order valence-corrected chi connectivity index (χ3v) is 6.32. The molecule has 0 saturated carbocycles. The van der Waals surface area contributed by atoms with Crippen molar-refractivity contribution in [3.63, 3.8) is 0 Å². The number of halogens is 1. The summed E-state index contributed by atoms with van der Waals surface area (Å²) in [5.41, 5.74) is 5.41. The van der Waals surface area contributed by atoms with Crippen molar-refractivity contribution in [2.75, 3.05) is 19.7 Å². The van der Waals surface area contributed by atoms with Gasteiger partial charge in [-0.1, -0.05) is 63.0 Å². The number of fused-ring (bicyclic) bond motifs is 1. The molecule has 0 radical (unpaired) electrons. The molecule has 1 atom stereocenters. The van der Waals surface area contributed by atoms with Crippen molar-refractivity contribution in [1.29, 1.82) is 0 Å². The molecule has 0 N–H and O–H groups in total. The molecule has 1 unspecified atom stereocenters. The van der Waals surface area contributed by atoms with Crippen LogP contribution in [0.4, 0.5) is 0 Å². The number of pyridine rings is 1. The Morgan fingerprint density at radius 2 is 1.84 bits per heavy atom. The van der Waals surface area contributed by atoms with Crippen LogP contribution in [0.1, 0.15) is 33.3 Å². The van der Waals surface area contributed by atoms with E-state index in [2.05, 4.69) is 26.1 Å². The van der Waals surface area contributed by atoms with E-state index in [-0.39, 0.29) is 12.0 Å². The number of hydrogen-bond donors (Lipinski definition) is 0. The second-order valence-corrected chi connectivity index (χ2v) is 8.95. The molecule has 0 aliphatic carbocycles. The first kappa shape index (κ1) is 20.8. The molecule has 3 heterocycles. The predicted octanol–water partition coefficient (Wildman–Crippen LogP) is 5.48. The average Bonchev–Trinajstić information content (AvgIpc) is 3.20. The lowest BCUT2D eigenvalue weighted by Crippen LogP contribution is -2.42. The highest BCUT2D eigenvalue weighted by Crippen LogP contribution is 2.30. The van der Waals surface area contributed by atoms with Crippen molar-refractivity contribution in [3.05, 3.63) is 81.5 Å². The number of hydrogen-bond acceptors (Lipinski definition) is 5. The lowest BCUT2D eigenvalue weighted by Gasteiger charge is -2.33. The molecule has 2 aromatic heterocycles. The van der Waals surface area contributed by atoms with Gasteiger partial charge in [-0.05, 0) is 37.6 Å². The van der Waals surface area contributed by atoms with Gasteiger partial charge in [-0.2, -0.15) is 0 Å².